The van der Waals surface area contributed by atoms with Crippen LogP contribution in [0.15, 0.2) is 84.9 Å². The van der Waals surface area contributed by atoms with Gasteiger partial charge in [-0.05, 0) is 43.5 Å². The lowest BCUT2D eigenvalue weighted by Gasteiger charge is -2.26. The minimum Gasteiger partial charge on any atom is -0.467 e. The normalized spacial score (nSPS) is 13.5. The number of alkyl carbamates (subject to hydrolysis) is 1. The van der Waals surface area contributed by atoms with Gasteiger partial charge in [-0.15, -0.1) is 0 Å². The molecule has 0 fully saturated rings. The van der Waals surface area contributed by atoms with Crippen molar-refractivity contribution >= 4 is 34.8 Å². The summed E-state index contributed by atoms with van der Waals surface area (Å²) in [6, 6.07) is 19.6. The summed E-state index contributed by atoms with van der Waals surface area (Å²) in [5.41, 5.74) is -0.570. The molecule has 13 heteroatoms. The number of rotatable bonds is 12. The molecule has 3 atom stereocenters. The Morgan fingerprint density at radius 2 is 1.18 bits per heavy atom. The number of alkyl halides is 3. The van der Waals surface area contributed by atoms with Crippen molar-refractivity contribution in [2.24, 2.45) is 0 Å². The Labute approximate surface area is 281 Å². The Morgan fingerprint density at radius 1 is 0.694 bits per heavy atom. The van der Waals surface area contributed by atoms with Crippen LogP contribution in [-0.2, 0) is 49.3 Å². The lowest BCUT2D eigenvalue weighted by atomic mass is 10.00. The van der Waals surface area contributed by atoms with E-state index < -0.39 is 65.9 Å². The highest BCUT2D eigenvalue weighted by Crippen LogP contribution is 2.36. The van der Waals surface area contributed by atoms with Gasteiger partial charge in [0.2, 0.25) is 11.8 Å². The lowest BCUT2D eigenvalue weighted by molar-refractivity contribution is -0.146. The van der Waals surface area contributed by atoms with Crippen LogP contribution in [0.5, 0.6) is 0 Å². The molecule has 0 bridgehead atoms. The number of amides is 3. The molecular weight excluding hydrogens is 641 g/mol. The Hall–Kier alpha value is -5.33. The summed E-state index contributed by atoms with van der Waals surface area (Å²) in [6.07, 6.45) is -6.18. The number of esters is 1. The Bertz CT molecular complexity index is 1750. The van der Waals surface area contributed by atoms with Crippen molar-refractivity contribution in [3.8, 4) is 0 Å². The molecule has 3 amide bonds. The largest absolute Gasteiger partial charge is 0.467 e. The van der Waals surface area contributed by atoms with Gasteiger partial charge in [-0.1, -0.05) is 78.9 Å². The van der Waals surface area contributed by atoms with Crippen LogP contribution in [0.4, 0.5) is 18.0 Å². The standard InChI is InChI=1S/C36H39F3N4O6/c1-35(2,3)49-34(47)43-28(20-23-15-9-6-10-16-23)32(45)41-27(19-22-13-7-5-8-14-22)31(44)42-29(33(46)48-4)21-25-24-17-11-12-18-26(24)40-30(25)36(37,38)39/h5-18,27-29,40H,19-21H2,1-4H3,(H,41,45)(H,42,44)(H,43,47)/t27-,28-,29-/m0/s1. The number of halogens is 3. The van der Waals surface area contributed by atoms with Gasteiger partial charge in [-0.2, -0.15) is 13.2 Å². The third kappa shape index (κ3) is 10.3. The summed E-state index contributed by atoms with van der Waals surface area (Å²) >= 11 is 0. The molecule has 4 rings (SSSR count). The van der Waals surface area contributed by atoms with Crippen molar-refractivity contribution in [1.29, 1.82) is 0 Å². The average molecular weight is 681 g/mol. The van der Waals surface area contributed by atoms with Gasteiger partial charge < -0.3 is 30.4 Å². The zero-order valence-electron chi connectivity index (χ0n) is 27.5. The molecule has 3 aromatic carbocycles. The highest BCUT2D eigenvalue weighted by atomic mass is 19.4. The van der Waals surface area contributed by atoms with E-state index in [1.54, 1.807) is 93.6 Å². The molecule has 10 nitrogen and oxygen atoms in total. The molecule has 0 spiro atoms. The van der Waals surface area contributed by atoms with Gasteiger partial charge in [-0.25, -0.2) is 9.59 Å². The first kappa shape index (κ1) is 36.5. The van der Waals surface area contributed by atoms with Crippen LogP contribution in [-0.4, -0.2) is 59.7 Å². The minimum absolute atomic E-state index is 0.0440. The maximum Gasteiger partial charge on any atom is 0.431 e. The van der Waals surface area contributed by atoms with E-state index in [4.69, 9.17) is 9.47 Å². The third-order valence-corrected chi connectivity index (χ3v) is 7.51. The van der Waals surface area contributed by atoms with Crippen LogP contribution in [0.2, 0.25) is 0 Å². The first-order valence-corrected chi connectivity index (χ1v) is 15.6. The quantitative estimate of drug-likeness (QED) is 0.151. The number of hydrogen-bond donors (Lipinski definition) is 4. The van der Waals surface area contributed by atoms with E-state index >= 15 is 0 Å². The number of aromatic nitrogens is 1. The molecule has 0 aliphatic carbocycles. The number of fused-ring (bicyclic) bond motifs is 1. The van der Waals surface area contributed by atoms with Crippen LogP contribution in [0.1, 0.15) is 43.2 Å². The molecule has 0 radical (unpaired) electrons. The van der Waals surface area contributed by atoms with Gasteiger partial charge in [-0.3, -0.25) is 9.59 Å². The molecule has 1 aromatic heterocycles. The first-order valence-electron chi connectivity index (χ1n) is 15.6. The number of ether oxygens (including phenoxy) is 2. The number of carbonyl (C=O) groups is 4. The fourth-order valence-corrected chi connectivity index (χ4v) is 5.31. The summed E-state index contributed by atoms with van der Waals surface area (Å²) in [5, 5.41) is 8.00. The molecule has 260 valence electrons. The van der Waals surface area contributed by atoms with Crippen molar-refractivity contribution in [3.63, 3.8) is 0 Å². The molecule has 49 heavy (non-hydrogen) atoms. The number of H-pyrrole nitrogens is 1. The predicted molar refractivity (Wildman–Crippen MR) is 176 cm³/mol. The summed E-state index contributed by atoms with van der Waals surface area (Å²) in [7, 11) is 1.06. The third-order valence-electron chi connectivity index (χ3n) is 7.51. The number of hydrogen-bond acceptors (Lipinski definition) is 6. The number of para-hydroxylation sites is 1. The number of aromatic amines is 1. The zero-order chi connectivity index (χ0) is 35.8. The van der Waals surface area contributed by atoms with Crippen molar-refractivity contribution in [2.45, 2.75) is 69.9 Å². The van der Waals surface area contributed by atoms with Gasteiger partial charge in [0, 0.05) is 30.2 Å². The smallest absolute Gasteiger partial charge is 0.431 e. The fraction of sp³-hybridized carbons (Fsp3) is 0.333. The molecule has 1 heterocycles. The lowest BCUT2D eigenvalue weighted by Crippen LogP contribution is -2.57. The van der Waals surface area contributed by atoms with E-state index in [0.717, 1.165) is 7.11 Å². The second-order valence-corrected chi connectivity index (χ2v) is 12.4. The van der Waals surface area contributed by atoms with E-state index in [0.29, 0.717) is 11.1 Å². The summed E-state index contributed by atoms with van der Waals surface area (Å²) < 4.78 is 52.5. The molecule has 4 aromatic rings. The van der Waals surface area contributed by atoms with Gasteiger partial charge >= 0.3 is 18.2 Å². The molecule has 0 saturated carbocycles. The van der Waals surface area contributed by atoms with Crippen molar-refractivity contribution in [2.75, 3.05) is 7.11 Å². The van der Waals surface area contributed by atoms with Crippen LogP contribution < -0.4 is 16.0 Å². The van der Waals surface area contributed by atoms with E-state index in [2.05, 4.69) is 20.9 Å². The van der Waals surface area contributed by atoms with Crippen LogP contribution in [0.3, 0.4) is 0 Å². The number of methoxy groups -OCH3 is 1. The van der Waals surface area contributed by atoms with E-state index in [9.17, 15) is 32.3 Å². The molecule has 4 N–H and O–H groups in total. The Kier molecular flexibility index (Phi) is 11.7. The fourth-order valence-electron chi connectivity index (χ4n) is 5.31. The second-order valence-electron chi connectivity index (χ2n) is 12.4. The highest BCUT2D eigenvalue weighted by Gasteiger charge is 2.39. The van der Waals surface area contributed by atoms with Crippen LogP contribution >= 0.6 is 0 Å². The Morgan fingerprint density at radius 3 is 1.69 bits per heavy atom. The summed E-state index contributed by atoms with van der Waals surface area (Å²) in [4.78, 5) is 55.8. The summed E-state index contributed by atoms with van der Waals surface area (Å²) in [6.45, 7) is 5.01. The first-order chi connectivity index (χ1) is 23.1. The number of benzene rings is 3. The summed E-state index contributed by atoms with van der Waals surface area (Å²) in [5.74, 6) is -2.56. The van der Waals surface area contributed by atoms with E-state index in [-0.39, 0.29) is 29.3 Å². The molecular formula is C36H39F3N4O6. The topological polar surface area (TPSA) is 139 Å². The van der Waals surface area contributed by atoms with Crippen molar-refractivity contribution in [3.05, 3.63) is 107 Å². The van der Waals surface area contributed by atoms with Gasteiger partial charge in [0.15, 0.2) is 0 Å². The average Bonchev–Trinajstić information content (AvgIpc) is 3.42. The predicted octanol–water partition coefficient (Wildman–Crippen LogP) is 5.25. The van der Waals surface area contributed by atoms with E-state index in [1.807, 2.05) is 0 Å². The Balaban J connectivity index is 1.64. The zero-order valence-corrected chi connectivity index (χ0v) is 27.5. The number of nitrogens with one attached hydrogen (secondary N) is 4. The second kappa shape index (κ2) is 15.7. The van der Waals surface area contributed by atoms with Gasteiger partial charge in [0.05, 0.1) is 7.11 Å². The molecule has 0 aliphatic heterocycles. The van der Waals surface area contributed by atoms with E-state index in [1.165, 1.54) is 12.1 Å². The maximum absolute atomic E-state index is 14.1. The number of carbonyl (C=O) groups excluding carboxylic acids is 4. The molecule has 0 aliphatic rings. The van der Waals surface area contributed by atoms with Crippen LogP contribution in [0.25, 0.3) is 10.9 Å². The highest BCUT2D eigenvalue weighted by molar-refractivity contribution is 5.94. The SMILES string of the molecule is COC(=O)[C@H](Cc1c(C(F)(F)F)[nH]c2ccccc12)NC(=O)[C@H](Cc1ccccc1)NC(=O)[C@H](Cc1ccccc1)NC(=O)OC(C)(C)C. The molecule has 0 saturated heterocycles. The molecule has 0 unspecified atom stereocenters. The van der Waals surface area contributed by atoms with Crippen molar-refractivity contribution < 1.29 is 41.8 Å². The monoisotopic (exact) mass is 680 g/mol. The maximum atomic E-state index is 14.1. The van der Waals surface area contributed by atoms with Gasteiger partial charge in [0.1, 0.15) is 29.4 Å². The van der Waals surface area contributed by atoms with Gasteiger partial charge in [0.25, 0.3) is 0 Å². The van der Waals surface area contributed by atoms with Crippen LogP contribution in [0, 0.1) is 0 Å². The minimum atomic E-state index is -4.78. The van der Waals surface area contributed by atoms with Crippen molar-refractivity contribution in [1.82, 2.24) is 20.9 Å².